The Hall–Kier alpha value is -0.853. The SMILES string of the molecule is CC(=O)C[C@@H]1C(=O)[C@]2(O[Si](C)(C)C(C)(C)C)COC(C)(C)C3CC[C@@](C)(CC32)[C@H]1C=O. The molecule has 2 aliphatic carbocycles. The van der Waals surface area contributed by atoms with Crippen LogP contribution in [0.4, 0.5) is 0 Å². The summed E-state index contributed by atoms with van der Waals surface area (Å²) in [5.41, 5.74) is -1.73. The number of Topliss-reactive ketones (excluding diaryl/α,β-unsaturated/α-hetero) is 2. The first kappa shape index (κ1) is 24.8. The van der Waals surface area contributed by atoms with Crippen LogP contribution in [0.2, 0.25) is 18.1 Å². The van der Waals surface area contributed by atoms with Crippen molar-refractivity contribution >= 4 is 26.2 Å². The molecule has 3 aliphatic rings. The van der Waals surface area contributed by atoms with Crippen LogP contribution in [0.5, 0.6) is 0 Å². The molecule has 1 saturated heterocycles. The van der Waals surface area contributed by atoms with Crippen molar-refractivity contribution in [1.82, 2.24) is 0 Å². The van der Waals surface area contributed by atoms with Gasteiger partial charge in [0.2, 0.25) is 0 Å². The molecule has 0 amide bonds. The second kappa shape index (κ2) is 7.59. The predicted molar refractivity (Wildman–Crippen MR) is 123 cm³/mol. The standard InChI is InChI=1S/C25H42O5Si/c1-16(27)12-17-20(14-26)24(7)11-10-18-19(13-24)25(21(17)28,15-29-23(18,5)6)30-31(8,9)22(2,3)4/h14,17-20H,10-13,15H2,1-9H3/t17-,18?,19?,20-,24-,25-/m0/s1. The minimum absolute atomic E-state index is 0.00367. The van der Waals surface area contributed by atoms with E-state index in [9.17, 15) is 14.4 Å². The lowest BCUT2D eigenvalue weighted by atomic mass is 9.55. The van der Waals surface area contributed by atoms with Gasteiger partial charge in [0.05, 0.1) is 12.2 Å². The molecule has 0 aromatic rings. The molecular formula is C25H42O5Si. The van der Waals surface area contributed by atoms with E-state index in [1.807, 2.05) is 0 Å². The summed E-state index contributed by atoms with van der Waals surface area (Å²) in [7, 11) is -2.35. The maximum Gasteiger partial charge on any atom is 0.193 e. The fourth-order valence-electron chi connectivity index (χ4n) is 6.33. The van der Waals surface area contributed by atoms with E-state index in [1.165, 1.54) is 6.92 Å². The highest BCUT2D eigenvalue weighted by molar-refractivity contribution is 6.74. The summed E-state index contributed by atoms with van der Waals surface area (Å²) >= 11 is 0. The minimum atomic E-state index is -2.35. The van der Waals surface area contributed by atoms with Gasteiger partial charge in [-0.1, -0.05) is 27.7 Å². The molecule has 6 atom stereocenters. The van der Waals surface area contributed by atoms with Crippen LogP contribution in [0.3, 0.4) is 0 Å². The third kappa shape index (κ3) is 3.91. The molecule has 0 spiro atoms. The maximum absolute atomic E-state index is 14.4. The van der Waals surface area contributed by atoms with Gasteiger partial charge in [0.25, 0.3) is 0 Å². The van der Waals surface area contributed by atoms with Gasteiger partial charge < -0.3 is 18.8 Å². The second-order valence-electron chi connectivity index (χ2n) is 12.8. The summed E-state index contributed by atoms with van der Waals surface area (Å²) in [5.74, 6) is -1.04. The Labute approximate surface area is 189 Å². The molecule has 0 aromatic carbocycles. The van der Waals surface area contributed by atoms with Crippen molar-refractivity contribution in [3.8, 4) is 0 Å². The molecule has 0 N–H and O–H groups in total. The van der Waals surface area contributed by atoms with Crippen molar-refractivity contribution in [3.63, 3.8) is 0 Å². The monoisotopic (exact) mass is 450 g/mol. The lowest BCUT2D eigenvalue weighted by Gasteiger charge is -2.59. The summed E-state index contributed by atoms with van der Waals surface area (Å²) in [4.78, 5) is 39.0. The Balaban J connectivity index is 2.22. The molecule has 3 rings (SSSR count). The van der Waals surface area contributed by atoms with Gasteiger partial charge in [-0.15, -0.1) is 0 Å². The van der Waals surface area contributed by atoms with E-state index in [-0.39, 0.29) is 52.5 Å². The zero-order chi connectivity index (χ0) is 23.6. The summed E-state index contributed by atoms with van der Waals surface area (Å²) in [6.45, 7) is 19.0. The number of fused-ring (bicyclic) bond motifs is 1. The van der Waals surface area contributed by atoms with Gasteiger partial charge in [-0.2, -0.15) is 0 Å². The van der Waals surface area contributed by atoms with E-state index < -0.39 is 25.8 Å². The Morgan fingerprint density at radius 3 is 2.35 bits per heavy atom. The number of hydrogen-bond acceptors (Lipinski definition) is 5. The lowest BCUT2D eigenvalue weighted by molar-refractivity contribution is -0.225. The van der Waals surface area contributed by atoms with Gasteiger partial charge in [0.1, 0.15) is 17.7 Å². The van der Waals surface area contributed by atoms with Crippen LogP contribution >= 0.6 is 0 Å². The van der Waals surface area contributed by atoms with E-state index in [2.05, 4.69) is 54.6 Å². The number of carbonyl (C=O) groups excluding carboxylic acids is 3. The molecule has 176 valence electrons. The average molecular weight is 451 g/mol. The molecule has 31 heavy (non-hydrogen) atoms. The fraction of sp³-hybridized carbons (Fsp3) is 0.880. The maximum atomic E-state index is 14.4. The van der Waals surface area contributed by atoms with Crippen molar-refractivity contribution in [1.29, 1.82) is 0 Å². The van der Waals surface area contributed by atoms with Crippen molar-refractivity contribution in [2.45, 2.75) is 103 Å². The van der Waals surface area contributed by atoms with Crippen molar-refractivity contribution in [2.75, 3.05) is 6.61 Å². The van der Waals surface area contributed by atoms with Crippen LogP contribution in [0, 0.1) is 29.1 Å². The highest BCUT2D eigenvalue weighted by Gasteiger charge is 2.67. The minimum Gasteiger partial charge on any atom is -0.402 e. The quantitative estimate of drug-likeness (QED) is 0.437. The van der Waals surface area contributed by atoms with Crippen LogP contribution < -0.4 is 0 Å². The Bertz CT molecular complexity index is 766. The van der Waals surface area contributed by atoms with E-state index in [4.69, 9.17) is 9.16 Å². The average Bonchev–Trinajstić information content (AvgIpc) is 2.66. The molecule has 2 bridgehead atoms. The van der Waals surface area contributed by atoms with Crippen molar-refractivity contribution in [3.05, 3.63) is 0 Å². The normalized spacial score (nSPS) is 40.2. The highest BCUT2D eigenvalue weighted by Crippen LogP contribution is 2.62. The Kier molecular flexibility index (Phi) is 6.07. The zero-order valence-corrected chi connectivity index (χ0v) is 22.0. The smallest absolute Gasteiger partial charge is 0.193 e. The molecule has 2 unspecified atom stereocenters. The molecule has 1 heterocycles. The molecule has 0 radical (unpaired) electrons. The van der Waals surface area contributed by atoms with Gasteiger partial charge in [-0.05, 0) is 69.5 Å². The van der Waals surface area contributed by atoms with Crippen LogP contribution in [0.1, 0.15) is 74.1 Å². The fourth-order valence-corrected chi connectivity index (χ4v) is 7.86. The predicted octanol–water partition coefficient (Wildman–Crippen LogP) is 4.97. The number of hydrogen-bond donors (Lipinski definition) is 0. The van der Waals surface area contributed by atoms with Crippen LogP contribution in [-0.2, 0) is 23.5 Å². The third-order valence-electron chi connectivity index (χ3n) is 9.24. The lowest BCUT2D eigenvalue weighted by Crippen LogP contribution is -2.68. The van der Waals surface area contributed by atoms with Crippen molar-refractivity contribution in [2.24, 2.45) is 29.1 Å². The molecular weight excluding hydrogens is 408 g/mol. The Morgan fingerprint density at radius 2 is 1.84 bits per heavy atom. The van der Waals surface area contributed by atoms with Gasteiger partial charge in [0, 0.05) is 24.2 Å². The molecule has 1 aliphatic heterocycles. The van der Waals surface area contributed by atoms with E-state index in [0.717, 1.165) is 25.5 Å². The highest BCUT2D eigenvalue weighted by atomic mass is 28.4. The summed E-state index contributed by atoms with van der Waals surface area (Å²) in [5, 5.41) is -0.0745. The molecule has 2 saturated carbocycles. The van der Waals surface area contributed by atoms with Gasteiger partial charge in [0.15, 0.2) is 14.1 Å². The number of aldehydes is 1. The van der Waals surface area contributed by atoms with Crippen LogP contribution in [0.25, 0.3) is 0 Å². The first-order valence-corrected chi connectivity index (χ1v) is 14.7. The second-order valence-corrected chi connectivity index (χ2v) is 17.5. The van der Waals surface area contributed by atoms with Crippen LogP contribution in [-0.4, -0.2) is 44.0 Å². The first-order chi connectivity index (χ1) is 14.0. The molecule has 5 nitrogen and oxygen atoms in total. The summed E-state index contributed by atoms with van der Waals surface area (Å²) in [6.07, 6.45) is 3.59. The number of carbonyl (C=O) groups is 3. The molecule has 6 heteroatoms. The molecule has 3 fully saturated rings. The third-order valence-corrected chi connectivity index (χ3v) is 13.7. The summed E-state index contributed by atoms with van der Waals surface area (Å²) in [6, 6.07) is 0. The van der Waals surface area contributed by atoms with E-state index in [1.54, 1.807) is 0 Å². The largest absolute Gasteiger partial charge is 0.402 e. The van der Waals surface area contributed by atoms with Crippen molar-refractivity contribution < 1.29 is 23.5 Å². The van der Waals surface area contributed by atoms with Crippen LogP contribution in [0.15, 0.2) is 0 Å². The number of ether oxygens (including phenoxy) is 1. The van der Waals surface area contributed by atoms with Gasteiger partial charge >= 0.3 is 0 Å². The first-order valence-electron chi connectivity index (χ1n) is 11.8. The summed E-state index contributed by atoms with van der Waals surface area (Å²) < 4.78 is 13.5. The van der Waals surface area contributed by atoms with Gasteiger partial charge in [-0.3, -0.25) is 4.79 Å². The number of ketones is 2. The van der Waals surface area contributed by atoms with Gasteiger partial charge in [-0.25, -0.2) is 0 Å². The topological polar surface area (TPSA) is 69.7 Å². The number of rotatable bonds is 5. The van der Waals surface area contributed by atoms with E-state index >= 15 is 0 Å². The Morgan fingerprint density at radius 1 is 1.23 bits per heavy atom. The van der Waals surface area contributed by atoms with E-state index in [0.29, 0.717) is 0 Å². The zero-order valence-electron chi connectivity index (χ0n) is 21.0. The molecule has 0 aromatic heterocycles.